The number of unbranched alkanes of at least 4 members (excludes halogenated alkanes) is 5. The topological polar surface area (TPSA) is 75.4 Å². The zero-order valence-electron chi connectivity index (χ0n) is 17.7. The minimum Gasteiger partial charge on any atom is -0.443 e. The molecule has 0 radical (unpaired) electrons. The molecule has 3 rings (SSSR count). The summed E-state index contributed by atoms with van der Waals surface area (Å²) in [5.74, 6) is -0.145. The average Bonchev–Trinajstić information content (AvgIpc) is 3.38. The van der Waals surface area contributed by atoms with E-state index in [0.717, 1.165) is 19.3 Å². The van der Waals surface area contributed by atoms with Gasteiger partial charge in [-0.2, -0.15) is 0 Å². The lowest BCUT2D eigenvalue weighted by atomic mass is 10.1. The number of hydrogen-bond donors (Lipinski definition) is 1. The van der Waals surface area contributed by atoms with Crippen LogP contribution in [0.5, 0.6) is 0 Å². The van der Waals surface area contributed by atoms with Crippen LogP contribution in [0, 0.1) is 0 Å². The van der Waals surface area contributed by atoms with Crippen molar-refractivity contribution in [2.24, 2.45) is 0 Å². The minimum absolute atomic E-state index is 0.0307. The molecule has 1 aromatic carbocycles. The highest BCUT2D eigenvalue weighted by atomic mass is 16.3. The molecule has 29 heavy (non-hydrogen) atoms. The third-order valence-electron chi connectivity index (χ3n) is 5.77. The molecule has 1 aromatic heterocycles. The molecule has 1 aliphatic heterocycles. The molecule has 0 aliphatic carbocycles. The molecule has 0 spiro atoms. The van der Waals surface area contributed by atoms with Crippen LogP contribution >= 0.6 is 0 Å². The number of amides is 2. The smallest absolute Gasteiger partial charge is 0.254 e. The summed E-state index contributed by atoms with van der Waals surface area (Å²) in [5.41, 5.74) is 1.86. The van der Waals surface area contributed by atoms with Crippen LogP contribution < -0.4 is 5.32 Å². The number of nitrogens with one attached hydrogen (secondary N) is 1. The zero-order chi connectivity index (χ0) is 20.6. The van der Waals surface area contributed by atoms with E-state index >= 15 is 0 Å². The van der Waals surface area contributed by atoms with Crippen LogP contribution in [0.3, 0.4) is 0 Å². The van der Waals surface area contributed by atoms with Crippen molar-refractivity contribution in [2.75, 3.05) is 6.54 Å². The fraction of sp³-hybridized carbons (Fsp3) is 0.609. The lowest BCUT2D eigenvalue weighted by Gasteiger charge is -2.25. The highest BCUT2D eigenvalue weighted by molar-refractivity contribution is 6.00. The molecule has 6 nitrogen and oxygen atoms in total. The summed E-state index contributed by atoms with van der Waals surface area (Å²) < 4.78 is 5.24. The molecule has 0 bridgehead atoms. The molecule has 0 saturated carbocycles. The van der Waals surface area contributed by atoms with Gasteiger partial charge in [-0.25, -0.2) is 4.98 Å². The quantitative estimate of drug-likeness (QED) is 0.588. The zero-order valence-corrected chi connectivity index (χ0v) is 17.7. The number of hydrogen-bond acceptors (Lipinski definition) is 4. The second-order valence-electron chi connectivity index (χ2n) is 8.16. The number of oxazole rings is 1. The number of likely N-dealkylation sites (tertiary alicyclic amines) is 1. The fourth-order valence-corrected chi connectivity index (χ4v) is 4.08. The van der Waals surface area contributed by atoms with Gasteiger partial charge < -0.3 is 14.6 Å². The standard InChI is InChI=1S/C23H33N3O3/c1-3-4-5-6-7-8-10-17(2)25-22(27)20-11-9-14-26(20)23(28)18-12-13-21-19(15-18)24-16-29-21/h12-13,15-17,20H,3-11,14H2,1-2H3,(H,25,27). The third kappa shape index (κ3) is 5.58. The van der Waals surface area contributed by atoms with Crippen molar-refractivity contribution < 1.29 is 14.0 Å². The Morgan fingerprint density at radius 3 is 2.86 bits per heavy atom. The van der Waals surface area contributed by atoms with Gasteiger partial charge in [0.2, 0.25) is 5.91 Å². The van der Waals surface area contributed by atoms with E-state index in [2.05, 4.69) is 24.1 Å². The van der Waals surface area contributed by atoms with E-state index in [9.17, 15) is 9.59 Å². The van der Waals surface area contributed by atoms with Crippen LogP contribution in [0.2, 0.25) is 0 Å². The minimum atomic E-state index is -0.387. The Hall–Kier alpha value is -2.37. The molecule has 2 atom stereocenters. The number of rotatable bonds is 10. The lowest BCUT2D eigenvalue weighted by Crippen LogP contribution is -2.48. The van der Waals surface area contributed by atoms with Crippen molar-refractivity contribution >= 4 is 22.9 Å². The number of nitrogens with zero attached hydrogens (tertiary/aromatic N) is 2. The van der Waals surface area contributed by atoms with E-state index in [-0.39, 0.29) is 23.9 Å². The monoisotopic (exact) mass is 399 g/mol. The first kappa shape index (κ1) is 21.3. The van der Waals surface area contributed by atoms with E-state index in [1.54, 1.807) is 23.1 Å². The maximum atomic E-state index is 13.0. The average molecular weight is 400 g/mol. The van der Waals surface area contributed by atoms with Crippen LogP contribution in [0.25, 0.3) is 11.1 Å². The summed E-state index contributed by atoms with van der Waals surface area (Å²) in [7, 11) is 0. The first-order valence-corrected chi connectivity index (χ1v) is 11.0. The number of benzene rings is 1. The molecule has 2 heterocycles. The van der Waals surface area contributed by atoms with Gasteiger partial charge in [0, 0.05) is 18.2 Å². The number of carbonyl (C=O) groups excluding carboxylic acids is 2. The Bertz CT molecular complexity index is 817. The number of fused-ring (bicyclic) bond motifs is 1. The fourth-order valence-electron chi connectivity index (χ4n) is 4.08. The molecule has 2 unspecified atom stereocenters. The molecule has 2 aromatic rings. The third-order valence-corrected chi connectivity index (χ3v) is 5.77. The summed E-state index contributed by atoms with van der Waals surface area (Å²) in [6.07, 6.45) is 11.4. The van der Waals surface area contributed by atoms with Crippen LogP contribution in [0.15, 0.2) is 29.0 Å². The van der Waals surface area contributed by atoms with E-state index in [1.807, 2.05) is 0 Å². The summed E-state index contributed by atoms with van der Waals surface area (Å²) in [6.45, 7) is 4.89. The lowest BCUT2D eigenvalue weighted by molar-refractivity contribution is -0.125. The van der Waals surface area contributed by atoms with Crippen molar-refractivity contribution in [1.29, 1.82) is 0 Å². The SMILES string of the molecule is CCCCCCCCC(C)NC(=O)C1CCCN1C(=O)c1ccc2ocnc2c1. The van der Waals surface area contributed by atoms with Crippen LogP contribution in [0.4, 0.5) is 0 Å². The van der Waals surface area contributed by atoms with Gasteiger partial charge >= 0.3 is 0 Å². The largest absolute Gasteiger partial charge is 0.443 e. The maximum absolute atomic E-state index is 13.0. The first-order valence-electron chi connectivity index (χ1n) is 11.0. The number of aromatic nitrogens is 1. The van der Waals surface area contributed by atoms with Crippen molar-refractivity contribution in [2.45, 2.75) is 83.7 Å². The maximum Gasteiger partial charge on any atom is 0.254 e. The summed E-state index contributed by atoms with van der Waals surface area (Å²) in [5, 5.41) is 3.13. The van der Waals surface area contributed by atoms with Crippen molar-refractivity contribution in [3.63, 3.8) is 0 Å². The Kier molecular flexibility index (Phi) is 7.67. The predicted octanol–water partition coefficient (Wildman–Crippen LogP) is 4.69. The Morgan fingerprint density at radius 2 is 2.03 bits per heavy atom. The molecule has 6 heteroatoms. The second kappa shape index (κ2) is 10.4. The van der Waals surface area contributed by atoms with Gasteiger partial charge in [0.05, 0.1) is 0 Å². The van der Waals surface area contributed by atoms with Crippen molar-refractivity contribution in [3.8, 4) is 0 Å². The number of carbonyl (C=O) groups is 2. The van der Waals surface area contributed by atoms with Crippen LogP contribution in [-0.4, -0.2) is 40.3 Å². The van der Waals surface area contributed by atoms with Gasteiger partial charge in [-0.15, -0.1) is 0 Å². The van der Waals surface area contributed by atoms with Gasteiger partial charge in [0.15, 0.2) is 12.0 Å². The van der Waals surface area contributed by atoms with E-state index in [0.29, 0.717) is 29.6 Å². The van der Waals surface area contributed by atoms with E-state index in [4.69, 9.17) is 4.42 Å². The molecular formula is C23H33N3O3. The summed E-state index contributed by atoms with van der Waals surface area (Å²) in [6, 6.07) is 4.98. The summed E-state index contributed by atoms with van der Waals surface area (Å²) >= 11 is 0. The Labute approximate surface area is 173 Å². The van der Waals surface area contributed by atoms with E-state index < -0.39 is 0 Å². The molecular weight excluding hydrogens is 366 g/mol. The molecule has 2 amide bonds. The molecule has 1 saturated heterocycles. The van der Waals surface area contributed by atoms with E-state index in [1.165, 1.54) is 38.5 Å². The van der Waals surface area contributed by atoms with Crippen LogP contribution in [-0.2, 0) is 4.79 Å². The summed E-state index contributed by atoms with van der Waals surface area (Å²) in [4.78, 5) is 31.6. The molecule has 158 valence electrons. The van der Waals surface area contributed by atoms with Crippen molar-refractivity contribution in [3.05, 3.63) is 30.2 Å². The first-order chi connectivity index (χ1) is 14.1. The highest BCUT2D eigenvalue weighted by Gasteiger charge is 2.35. The normalized spacial score (nSPS) is 17.6. The van der Waals surface area contributed by atoms with Crippen LogP contribution in [0.1, 0.15) is 82.0 Å². The van der Waals surface area contributed by atoms with Crippen molar-refractivity contribution in [1.82, 2.24) is 15.2 Å². The van der Waals surface area contributed by atoms with Gasteiger partial charge in [-0.1, -0.05) is 45.4 Å². The Morgan fingerprint density at radius 1 is 1.24 bits per heavy atom. The highest BCUT2D eigenvalue weighted by Crippen LogP contribution is 2.23. The molecule has 1 N–H and O–H groups in total. The Balaban J connectivity index is 1.51. The van der Waals surface area contributed by atoms with Gasteiger partial charge in [0.25, 0.3) is 5.91 Å². The molecule has 1 fully saturated rings. The van der Waals surface area contributed by atoms with Gasteiger partial charge in [-0.3, -0.25) is 9.59 Å². The molecule has 1 aliphatic rings. The van der Waals surface area contributed by atoms with Gasteiger partial charge in [0.1, 0.15) is 11.6 Å². The van der Waals surface area contributed by atoms with Gasteiger partial charge in [-0.05, 0) is 44.4 Å². The second-order valence-corrected chi connectivity index (χ2v) is 8.16. The predicted molar refractivity (Wildman–Crippen MR) is 114 cm³/mol.